The van der Waals surface area contributed by atoms with Crippen LogP contribution in [0.1, 0.15) is 25.8 Å². The van der Waals surface area contributed by atoms with Gasteiger partial charge in [0.2, 0.25) is 5.91 Å². The van der Waals surface area contributed by atoms with E-state index in [-0.39, 0.29) is 18.1 Å². The molecule has 0 fully saturated rings. The van der Waals surface area contributed by atoms with Crippen molar-refractivity contribution >= 4 is 18.5 Å². The third-order valence-corrected chi connectivity index (χ3v) is 2.81. The minimum absolute atomic E-state index is 0.0321. The molecule has 0 atom stereocenters. The summed E-state index contributed by atoms with van der Waals surface area (Å²) in [6.45, 7) is 3.87. The van der Waals surface area contributed by atoms with Crippen LogP contribution in [0.5, 0.6) is 0 Å². The van der Waals surface area contributed by atoms with Gasteiger partial charge in [0, 0.05) is 17.0 Å². The summed E-state index contributed by atoms with van der Waals surface area (Å²) < 4.78 is 0. The number of carbonyl (C=O) groups excluding carboxylic acids is 1. The first-order chi connectivity index (χ1) is 7.93. The van der Waals surface area contributed by atoms with Crippen LogP contribution < -0.4 is 5.32 Å². The number of thiol groups is 1. The highest BCUT2D eigenvalue weighted by molar-refractivity contribution is 7.80. The zero-order valence-electron chi connectivity index (χ0n) is 10.2. The van der Waals surface area contributed by atoms with Crippen LogP contribution in [0.15, 0.2) is 29.2 Å². The van der Waals surface area contributed by atoms with Gasteiger partial charge in [0.1, 0.15) is 0 Å². The van der Waals surface area contributed by atoms with Gasteiger partial charge in [-0.1, -0.05) is 12.1 Å². The number of benzene rings is 1. The van der Waals surface area contributed by atoms with Crippen LogP contribution in [0.2, 0.25) is 0 Å². The quantitative estimate of drug-likeness (QED) is 0.701. The average Bonchev–Trinajstić information content (AvgIpc) is 2.20. The van der Waals surface area contributed by atoms with Crippen molar-refractivity contribution in [2.24, 2.45) is 0 Å². The number of amides is 1. The Labute approximate surface area is 108 Å². The monoisotopic (exact) mass is 253 g/mol. The molecule has 0 saturated carbocycles. The summed E-state index contributed by atoms with van der Waals surface area (Å²) in [5.74, 6) is -0.0321. The molecule has 17 heavy (non-hydrogen) atoms. The van der Waals surface area contributed by atoms with Crippen molar-refractivity contribution in [3.05, 3.63) is 29.8 Å². The maximum absolute atomic E-state index is 11.8. The minimum atomic E-state index is -0.366. The first kappa shape index (κ1) is 14.1. The summed E-state index contributed by atoms with van der Waals surface area (Å²) in [5, 5.41) is 11.8. The molecule has 0 saturated heterocycles. The van der Waals surface area contributed by atoms with Crippen LogP contribution in [-0.2, 0) is 11.2 Å². The van der Waals surface area contributed by atoms with Crippen LogP contribution in [0.4, 0.5) is 0 Å². The second kappa shape index (κ2) is 6.07. The molecule has 3 nitrogen and oxygen atoms in total. The molecule has 1 aromatic rings. The van der Waals surface area contributed by atoms with Gasteiger partial charge in [0.05, 0.1) is 6.42 Å². The molecule has 0 bridgehead atoms. The smallest absolute Gasteiger partial charge is 0.224 e. The van der Waals surface area contributed by atoms with Gasteiger partial charge < -0.3 is 10.4 Å². The summed E-state index contributed by atoms with van der Waals surface area (Å²) in [6.07, 6.45) is 0.900. The molecule has 94 valence electrons. The van der Waals surface area contributed by atoms with E-state index in [1.165, 1.54) is 0 Å². The predicted octanol–water partition coefficient (Wildman–Crippen LogP) is 1.79. The van der Waals surface area contributed by atoms with Gasteiger partial charge in [-0.15, -0.1) is 12.6 Å². The summed E-state index contributed by atoms with van der Waals surface area (Å²) in [5.41, 5.74) is 0.593. The van der Waals surface area contributed by atoms with Crippen molar-refractivity contribution < 1.29 is 9.90 Å². The molecule has 4 heteroatoms. The number of nitrogens with one attached hydrogen (secondary N) is 1. The fourth-order valence-corrected chi connectivity index (χ4v) is 1.71. The molecule has 0 unspecified atom stereocenters. The molecule has 0 radical (unpaired) electrons. The Bertz CT molecular complexity index is 374. The number of aliphatic hydroxyl groups is 1. The SMILES string of the molecule is CC(C)(CCO)NC(=O)Cc1ccc(S)cc1. The van der Waals surface area contributed by atoms with Crippen molar-refractivity contribution in [3.63, 3.8) is 0 Å². The zero-order valence-corrected chi connectivity index (χ0v) is 11.1. The second-order valence-electron chi connectivity index (χ2n) is 4.75. The van der Waals surface area contributed by atoms with E-state index in [4.69, 9.17) is 5.11 Å². The first-order valence-electron chi connectivity index (χ1n) is 5.63. The fourth-order valence-electron chi connectivity index (χ4n) is 1.56. The Kier molecular flexibility index (Phi) is 5.02. The van der Waals surface area contributed by atoms with Crippen LogP contribution in [-0.4, -0.2) is 23.2 Å². The predicted molar refractivity (Wildman–Crippen MR) is 71.3 cm³/mol. The molecular weight excluding hydrogens is 234 g/mol. The van der Waals surface area contributed by atoms with E-state index in [0.717, 1.165) is 10.5 Å². The number of hydrogen-bond donors (Lipinski definition) is 3. The largest absolute Gasteiger partial charge is 0.396 e. The van der Waals surface area contributed by atoms with Gasteiger partial charge in [-0.25, -0.2) is 0 Å². The van der Waals surface area contributed by atoms with Crippen molar-refractivity contribution in [2.75, 3.05) is 6.61 Å². The number of rotatable bonds is 5. The fraction of sp³-hybridized carbons (Fsp3) is 0.462. The van der Waals surface area contributed by atoms with E-state index in [9.17, 15) is 4.79 Å². The highest BCUT2D eigenvalue weighted by Crippen LogP contribution is 2.10. The summed E-state index contributed by atoms with van der Waals surface area (Å²) in [4.78, 5) is 12.7. The second-order valence-corrected chi connectivity index (χ2v) is 5.27. The molecule has 0 aliphatic heterocycles. The number of carbonyl (C=O) groups is 1. The van der Waals surface area contributed by atoms with E-state index in [2.05, 4.69) is 17.9 Å². The van der Waals surface area contributed by atoms with Crippen molar-refractivity contribution in [2.45, 2.75) is 37.1 Å². The van der Waals surface area contributed by atoms with Crippen LogP contribution in [0.25, 0.3) is 0 Å². The standard InChI is InChI=1S/C13H19NO2S/c1-13(2,7-8-15)14-12(16)9-10-3-5-11(17)6-4-10/h3-6,15,17H,7-9H2,1-2H3,(H,14,16). The highest BCUT2D eigenvalue weighted by Gasteiger charge is 2.19. The van der Waals surface area contributed by atoms with Gasteiger partial charge >= 0.3 is 0 Å². The number of hydrogen-bond acceptors (Lipinski definition) is 3. The van der Waals surface area contributed by atoms with Gasteiger partial charge in [0.25, 0.3) is 0 Å². The average molecular weight is 253 g/mol. The molecule has 2 N–H and O–H groups in total. The molecule has 0 aliphatic carbocycles. The first-order valence-corrected chi connectivity index (χ1v) is 6.07. The Hall–Kier alpha value is -1.00. The highest BCUT2D eigenvalue weighted by atomic mass is 32.1. The molecule has 1 rings (SSSR count). The maximum atomic E-state index is 11.8. The van der Waals surface area contributed by atoms with Crippen LogP contribution in [0.3, 0.4) is 0 Å². The molecule has 1 amide bonds. The van der Waals surface area contributed by atoms with E-state index in [0.29, 0.717) is 12.8 Å². The molecule has 0 aromatic heterocycles. The lowest BCUT2D eigenvalue weighted by atomic mass is 10.0. The summed E-state index contributed by atoms with van der Waals surface area (Å²) in [7, 11) is 0. The Morgan fingerprint density at radius 3 is 2.47 bits per heavy atom. The van der Waals surface area contributed by atoms with E-state index < -0.39 is 0 Å². The Morgan fingerprint density at radius 2 is 1.94 bits per heavy atom. The lowest BCUT2D eigenvalue weighted by Gasteiger charge is -2.25. The summed E-state index contributed by atoms with van der Waals surface area (Å²) >= 11 is 4.19. The third kappa shape index (κ3) is 5.24. The molecule has 1 aromatic carbocycles. The Morgan fingerprint density at radius 1 is 1.35 bits per heavy atom. The topological polar surface area (TPSA) is 49.3 Å². The van der Waals surface area contributed by atoms with E-state index >= 15 is 0 Å². The number of aliphatic hydroxyl groups excluding tert-OH is 1. The lowest BCUT2D eigenvalue weighted by molar-refractivity contribution is -0.122. The van der Waals surface area contributed by atoms with Crippen molar-refractivity contribution in [1.29, 1.82) is 0 Å². The third-order valence-electron chi connectivity index (χ3n) is 2.52. The van der Waals surface area contributed by atoms with Gasteiger partial charge in [-0.05, 0) is 38.0 Å². The van der Waals surface area contributed by atoms with Crippen molar-refractivity contribution in [1.82, 2.24) is 5.32 Å². The van der Waals surface area contributed by atoms with Gasteiger partial charge in [-0.3, -0.25) is 4.79 Å². The van der Waals surface area contributed by atoms with Crippen molar-refractivity contribution in [3.8, 4) is 0 Å². The summed E-state index contributed by atoms with van der Waals surface area (Å²) in [6, 6.07) is 7.51. The van der Waals surface area contributed by atoms with Crippen LogP contribution >= 0.6 is 12.6 Å². The Balaban J connectivity index is 2.52. The van der Waals surface area contributed by atoms with Crippen LogP contribution in [0, 0.1) is 0 Å². The molecule has 0 aliphatic rings. The molecular formula is C13H19NO2S. The normalized spacial score (nSPS) is 11.3. The molecule has 0 spiro atoms. The zero-order chi connectivity index (χ0) is 12.9. The lowest BCUT2D eigenvalue weighted by Crippen LogP contribution is -2.44. The maximum Gasteiger partial charge on any atom is 0.224 e. The molecule has 0 heterocycles. The minimum Gasteiger partial charge on any atom is -0.396 e. The van der Waals surface area contributed by atoms with E-state index in [1.54, 1.807) is 0 Å². The van der Waals surface area contributed by atoms with Gasteiger partial charge in [-0.2, -0.15) is 0 Å². The van der Waals surface area contributed by atoms with E-state index in [1.807, 2.05) is 38.1 Å². The van der Waals surface area contributed by atoms with Gasteiger partial charge in [0.15, 0.2) is 0 Å².